The minimum atomic E-state index is -0.376. The third-order valence-electron chi connectivity index (χ3n) is 4.20. The highest BCUT2D eigenvalue weighted by Crippen LogP contribution is 2.21. The van der Waals surface area contributed by atoms with Crippen molar-refractivity contribution in [1.29, 1.82) is 0 Å². The Bertz CT molecular complexity index is 828. The van der Waals surface area contributed by atoms with Gasteiger partial charge in [0.1, 0.15) is 6.61 Å². The summed E-state index contributed by atoms with van der Waals surface area (Å²) in [5, 5.41) is 8.20. The van der Waals surface area contributed by atoms with Crippen molar-refractivity contribution < 1.29 is 9.63 Å². The summed E-state index contributed by atoms with van der Waals surface area (Å²) in [6.45, 7) is 8.22. The van der Waals surface area contributed by atoms with Crippen molar-refractivity contribution in [2.75, 3.05) is 12.4 Å². The second kappa shape index (κ2) is 9.16. The molecule has 0 fully saturated rings. The molecule has 0 atom stereocenters. The Morgan fingerprint density at radius 1 is 1.19 bits per heavy atom. The summed E-state index contributed by atoms with van der Waals surface area (Å²) in [6, 6.07) is 11.5. The van der Waals surface area contributed by atoms with E-state index < -0.39 is 0 Å². The molecule has 0 bridgehead atoms. The van der Waals surface area contributed by atoms with Crippen molar-refractivity contribution in [3.63, 3.8) is 0 Å². The Kier molecular flexibility index (Phi) is 6.92. The molecule has 2 amide bonds. The van der Waals surface area contributed by atoms with Crippen LogP contribution in [0.4, 0.5) is 10.5 Å². The number of benzene rings is 2. The molecule has 0 aliphatic carbocycles. The van der Waals surface area contributed by atoms with Crippen LogP contribution < -0.4 is 16.7 Å². The second-order valence-electron chi connectivity index (χ2n) is 6.55. The smallest absolute Gasteiger partial charge is 0.337 e. The van der Waals surface area contributed by atoms with Gasteiger partial charge in [-0.05, 0) is 44.9 Å². The number of hydrogen-bond donors (Lipinski definition) is 3. The lowest BCUT2D eigenvalue weighted by atomic mass is 10.0. The third kappa shape index (κ3) is 5.54. The Balaban J connectivity index is 2.14. The summed E-state index contributed by atoms with van der Waals surface area (Å²) in [6.07, 6.45) is 0. The Morgan fingerprint density at radius 3 is 2.48 bits per heavy atom. The minimum Gasteiger partial charge on any atom is -0.391 e. The first kappa shape index (κ1) is 20.4. The largest absolute Gasteiger partial charge is 0.391 e. The van der Waals surface area contributed by atoms with Crippen LogP contribution in [-0.4, -0.2) is 23.8 Å². The van der Waals surface area contributed by atoms with E-state index in [0.29, 0.717) is 5.69 Å². The normalized spacial score (nSPS) is 11.3. The zero-order chi connectivity index (χ0) is 20.0. The van der Waals surface area contributed by atoms with Crippen molar-refractivity contribution >= 4 is 17.4 Å². The minimum absolute atomic E-state index is 0.240. The molecule has 0 radical (unpaired) electrons. The van der Waals surface area contributed by atoms with Crippen molar-refractivity contribution in [2.45, 2.75) is 34.3 Å². The first-order chi connectivity index (χ1) is 12.8. The lowest BCUT2D eigenvalue weighted by Crippen LogP contribution is -2.46. The summed E-state index contributed by atoms with van der Waals surface area (Å²) in [5.41, 5.74) is 8.97. The van der Waals surface area contributed by atoms with Gasteiger partial charge in [0.05, 0.1) is 5.71 Å². The molecule has 0 aromatic heterocycles. The number of anilines is 1. The number of nitrogens with one attached hydrogen (secondary N) is 2. The molecule has 4 N–H and O–H groups in total. The van der Waals surface area contributed by atoms with Crippen LogP contribution in [0.15, 0.2) is 41.6 Å². The monoisotopic (exact) mass is 369 g/mol. The Labute approximate surface area is 160 Å². The molecule has 0 heterocycles. The number of aryl methyl sites for hydroxylation is 3. The molecule has 2 rings (SSSR count). The molecular weight excluding hydrogens is 342 g/mol. The molecule has 0 saturated carbocycles. The van der Waals surface area contributed by atoms with E-state index in [-0.39, 0.29) is 12.6 Å². The topological polar surface area (TPSA) is 92.0 Å². The van der Waals surface area contributed by atoms with E-state index >= 15 is 0 Å². The molecule has 0 spiro atoms. The van der Waals surface area contributed by atoms with Crippen LogP contribution in [0.1, 0.15) is 34.7 Å². The summed E-state index contributed by atoms with van der Waals surface area (Å²) in [5.74, 6) is 5.26. The predicted molar refractivity (Wildman–Crippen MR) is 108 cm³/mol. The maximum absolute atomic E-state index is 12.0. The first-order valence-electron chi connectivity index (χ1n) is 8.66. The van der Waals surface area contributed by atoms with Crippen LogP contribution in [0.3, 0.4) is 0 Å². The van der Waals surface area contributed by atoms with Crippen molar-refractivity contribution in [3.05, 3.63) is 64.2 Å². The molecule has 27 heavy (non-hydrogen) atoms. The number of hydrogen-bond acceptors (Lipinski definition) is 5. The van der Waals surface area contributed by atoms with E-state index in [0.717, 1.165) is 27.4 Å². The van der Waals surface area contributed by atoms with Gasteiger partial charge in [0.15, 0.2) is 0 Å². The van der Waals surface area contributed by atoms with Gasteiger partial charge >= 0.3 is 6.03 Å². The fraction of sp³-hybridized carbons (Fsp3) is 0.300. The molecule has 2 aromatic carbocycles. The van der Waals surface area contributed by atoms with Crippen molar-refractivity contribution in [3.8, 4) is 0 Å². The molecule has 0 aliphatic heterocycles. The van der Waals surface area contributed by atoms with E-state index in [9.17, 15) is 4.79 Å². The van der Waals surface area contributed by atoms with Crippen LogP contribution in [0, 0.1) is 20.8 Å². The van der Waals surface area contributed by atoms with E-state index in [1.165, 1.54) is 18.2 Å². The molecule has 0 unspecified atom stereocenters. The number of hydrazine groups is 2. The lowest BCUT2D eigenvalue weighted by Gasteiger charge is -2.18. The number of urea groups is 1. The predicted octanol–water partition coefficient (Wildman–Crippen LogP) is 3.39. The quantitative estimate of drug-likeness (QED) is 0.413. The van der Waals surface area contributed by atoms with Crippen LogP contribution in [0.5, 0.6) is 0 Å². The number of oxime groups is 1. The zero-order valence-electron chi connectivity index (χ0n) is 16.5. The standard InChI is InChI=1S/C20H27N5O2/c1-13-9-14(2)11-17(10-13)16(4)23-27-12-18-15(3)7-6-8-19(18)22-20(26)25(5)24-21/h6-11,24H,12,21H2,1-5H3,(H,22,26)/b23-16-. The number of carbonyl (C=O) groups excluding carboxylic acids is 1. The van der Waals surface area contributed by atoms with Crippen LogP contribution in [0.25, 0.3) is 0 Å². The van der Waals surface area contributed by atoms with Crippen molar-refractivity contribution in [2.24, 2.45) is 11.0 Å². The van der Waals surface area contributed by atoms with Gasteiger partial charge in [-0.15, -0.1) is 0 Å². The van der Waals surface area contributed by atoms with Gasteiger partial charge in [-0.3, -0.25) is 5.84 Å². The van der Waals surface area contributed by atoms with Gasteiger partial charge in [-0.2, -0.15) is 5.53 Å². The molecule has 144 valence electrons. The number of nitrogens with zero attached hydrogens (tertiary/aromatic N) is 2. The number of nitrogens with two attached hydrogens (primary N) is 1. The highest BCUT2D eigenvalue weighted by molar-refractivity contribution is 5.98. The van der Waals surface area contributed by atoms with Gasteiger partial charge in [-0.25, -0.2) is 9.80 Å². The molecule has 2 aromatic rings. The third-order valence-corrected chi connectivity index (χ3v) is 4.20. The zero-order valence-corrected chi connectivity index (χ0v) is 16.5. The van der Waals surface area contributed by atoms with Gasteiger partial charge in [0.25, 0.3) is 0 Å². The molecular formula is C20H27N5O2. The number of amides is 2. The fourth-order valence-electron chi connectivity index (χ4n) is 2.70. The average molecular weight is 369 g/mol. The molecule has 0 aliphatic rings. The molecule has 7 heteroatoms. The summed E-state index contributed by atoms with van der Waals surface area (Å²) in [7, 11) is 1.53. The van der Waals surface area contributed by atoms with E-state index in [1.807, 2.05) is 32.0 Å². The van der Waals surface area contributed by atoms with Crippen molar-refractivity contribution in [1.82, 2.24) is 10.5 Å². The average Bonchev–Trinajstić information content (AvgIpc) is 2.62. The SMILES string of the molecule is C/C(=N/OCc1c(C)cccc1NC(=O)N(C)NN)c1cc(C)cc(C)c1. The van der Waals surface area contributed by atoms with Gasteiger partial charge in [0.2, 0.25) is 0 Å². The van der Waals surface area contributed by atoms with E-state index in [1.54, 1.807) is 0 Å². The number of carbonyl (C=O) groups is 1. The van der Waals surface area contributed by atoms with E-state index in [2.05, 4.69) is 48.1 Å². The van der Waals surface area contributed by atoms with Gasteiger partial charge < -0.3 is 10.2 Å². The summed E-state index contributed by atoms with van der Waals surface area (Å²) < 4.78 is 0. The maximum atomic E-state index is 12.0. The summed E-state index contributed by atoms with van der Waals surface area (Å²) >= 11 is 0. The second-order valence-corrected chi connectivity index (χ2v) is 6.55. The highest BCUT2D eigenvalue weighted by Gasteiger charge is 2.12. The van der Waals surface area contributed by atoms with Crippen LogP contribution in [0.2, 0.25) is 0 Å². The number of rotatable bonds is 6. The van der Waals surface area contributed by atoms with Gasteiger partial charge in [-0.1, -0.05) is 46.6 Å². The van der Waals surface area contributed by atoms with Gasteiger partial charge in [0, 0.05) is 18.3 Å². The Morgan fingerprint density at radius 2 is 1.85 bits per heavy atom. The molecule has 0 saturated heterocycles. The summed E-state index contributed by atoms with van der Waals surface area (Å²) in [4.78, 5) is 17.6. The first-order valence-corrected chi connectivity index (χ1v) is 8.66. The lowest BCUT2D eigenvalue weighted by molar-refractivity contribution is 0.130. The van der Waals surface area contributed by atoms with Crippen LogP contribution >= 0.6 is 0 Å². The molecule has 7 nitrogen and oxygen atoms in total. The fourth-order valence-corrected chi connectivity index (χ4v) is 2.70. The maximum Gasteiger partial charge on any atom is 0.337 e. The van der Waals surface area contributed by atoms with E-state index in [4.69, 9.17) is 10.7 Å². The van der Waals surface area contributed by atoms with Crippen LogP contribution in [-0.2, 0) is 11.4 Å². The highest BCUT2D eigenvalue weighted by atomic mass is 16.6. The Hall–Kier alpha value is -2.90.